The van der Waals surface area contributed by atoms with Gasteiger partial charge in [0.25, 0.3) is 0 Å². The maximum absolute atomic E-state index is 14.5. The molecule has 110 valence electrons. The molecule has 1 aliphatic heterocycles. The van der Waals surface area contributed by atoms with Gasteiger partial charge in [-0.3, -0.25) is 5.41 Å². The van der Waals surface area contributed by atoms with Crippen LogP contribution in [-0.4, -0.2) is 44.0 Å². The van der Waals surface area contributed by atoms with Crippen LogP contribution in [0.25, 0.3) is 0 Å². The van der Waals surface area contributed by atoms with Gasteiger partial charge in [-0.25, -0.2) is 4.39 Å². The fraction of sp³-hybridized carbons (Fsp3) is 0.500. The Morgan fingerprint density at radius 1 is 1.55 bits per heavy atom. The lowest BCUT2D eigenvalue weighted by Gasteiger charge is -2.29. The van der Waals surface area contributed by atoms with Crippen molar-refractivity contribution in [2.24, 2.45) is 5.73 Å². The van der Waals surface area contributed by atoms with E-state index in [1.807, 2.05) is 14.1 Å². The number of hydrogen-bond donors (Lipinski definition) is 2. The van der Waals surface area contributed by atoms with E-state index in [-0.39, 0.29) is 16.1 Å². The van der Waals surface area contributed by atoms with E-state index in [4.69, 9.17) is 11.1 Å². The molecule has 0 aliphatic carbocycles. The minimum Gasteiger partial charge on any atom is -0.384 e. The lowest BCUT2D eigenvalue weighted by atomic mass is 10.1. The molecule has 1 aliphatic rings. The lowest BCUT2D eigenvalue weighted by molar-refractivity contribution is 0.371. The molecule has 1 heterocycles. The van der Waals surface area contributed by atoms with Crippen LogP contribution < -0.4 is 10.6 Å². The largest absolute Gasteiger partial charge is 0.384 e. The Kier molecular flexibility index (Phi) is 4.65. The summed E-state index contributed by atoms with van der Waals surface area (Å²) in [5.41, 5.74) is 6.43. The zero-order valence-electron chi connectivity index (χ0n) is 11.8. The van der Waals surface area contributed by atoms with Crippen LogP contribution in [-0.2, 0) is 0 Å². The van der Waals surface area contributed by atoms with Crippen molar-refractivity contribution in [2.45, 2.75) is 18.9 Å². The van der Waals surface area contributed by atoms with E-state index in [1.165, 1.54) is 0 Å². The van der Waals surface area contributed by atoms with E-state index < -0.39 is 0 Å². The molecule has 1 fully saturated rings. The Bertz CT molecular complexity index is 518. The highest BCUT2D eigenvalue weighted by Gasteiger charge is 2.28. The average Bonchev–Trinajstić information content (AvgIpc) is 2.79. The number of nitrogens with two attached hydrogens (primary N) is 1. The third-order valence-corrected chi connectivity index (χ3v) is 4.39. The summed E-state index contributed by atoms with van der Waals surface area (Å²) in [5, 5.41) is 7.45. The van der Waals surface area contributed by atoms with E-state index in [2.05, 4.69) is 25.7 Å². The summed E-state index contributed by atoms with van der Waals surface area (Å²) in [4.78, 5) is 4.24. The summed E-state index contributed by atoms with van der Waals surface area (Å²) in [7, 11) is 4.06. The number of amidine groups is 1. The van der Waals surface area contributed by atoms with Crippen LogP contribution in [0.2, 0.25) is 0 Å². The molecular weight excluding hydrogens is 323 g/mol. The molecular formula is C14H20BrFN4. The second-order valence-corrected chi connectivity index (χ2v) is 6.22. The van der Waals surface area contributed by atoms with Crippen molar-refractivity contribution < 1.29 is 4.39 Å². The second kappa shape index (κ2) is 6.10. The number of hydrogen-bond acceptors (Lipinski definition) is 3. The van der Waals surface area contributed by atoms with Crippen LogP contribution in [0.4, 0.5) is 10.1 Å². The highest BCUT2D eigenvalue weighted by atomic mass is 79.9. The molecule has 1 unspecified atom stereocenters. The number of nitrogen functional groups attached to an aromatic ring is 1. The average molecular weight is 343 g/mol. The molecule has 1 atom stereocenters. The van der Waals surface area contributed by atoms with Crippen molar-refractivity contribution in [1.82, 2.24) is 4.90 Å². The Labute approximate surface area is 127 Å². The molecule has 2 rings (SSSR count). The summed E-state index contributed by atoms with van der Waals surface area (Å²) < 4.78 is 14.8. The second-order valence-electron chi connectivity index (χ2n) is 5.43. The molecule has 0 amide bonds. The molecule has 0 bridgehead atoms. The van der Waals surface area contributed by atoms with E-state index in [9.17, 15) is 4.39 Å². The molecule has 0 aromatic heterocycles. The summed E-state index contributed by atoms with van der Waals surface area (Å²) in [5.74, 6) is -0.461. The topological polar surface area (TPSA) is 56.4 Å². The maximum atomic E-state index is 14.5. The predicted octanol–water partition coefficient (Wildman–Crippen LogP) is 2.40. The monoisotopic (exact) mass is 342 g/mol. The molecule has 1 aromatic rings. The molecule has 4 nitrogen and oxygen atoms in total. The molecule has 0 saturated carbocycles. The summed E-state index contributed by atoms with van der Waals surface area (Å²) in [6.07, 6.45) is 2.15. The van der Waals surface area contributed by atoms with Crippen LogP contribution in [0.3, 0.4) is 0 Å². The summed E-state index contributed by atoms with van der Waals surface area (Å²) in [6, 6.07) is 3.76. The van der Waals surface area contributed by atoms with Crippen LogP contribution in [0, 0.1) is 11.2 Å². The quantitative estimate of drug-likeness (QED) is 0.652. The molecule has 1 aromatic carbocycles. The first-order valence-corrected chi connectivity index (χ1v) is 7.45. The van der Waals surface area contributed by atoms with Gasteiger partial charge >= 0.3 is 0 Å². The van der Waals surface area contributed by atoms with Crippen molar-refractivity contribution in [1.29, 1.82) is 5.41 Å². The standard InChI is InChI=1S/C14H20BrFN4/c1-19(2)8-9-4-3-7-20(9)11-6-5-10(14(17)18)12(15)13(11)16/h5-6,9H,3-4,7-8H2,1-2H3,(H3,17,18). The molecule has 3 N–H and O–H groups in total. The summed E-state index contributed by atoms with van der Waals surface area (Å²) >= 11 is 3.22. The fourth-order valence-electron chi connectivity index (χ4n) is 2.73. The first-order valence-electron chi connectivity index (χ1n) is 6.65. The number of likely N-dealkylation sites (N-methyl/N-ethyl adjacent to an activating group) is 1. The van der Waals surface area contributed by atoms with E-state index in [0.717, 1.165) is 25.9 Å². The molecule has 20 heavy (non-hydrogen) atoms. The third-order valence-electron chi connectivity index (χ3n) is 3.61. The van der Waals surface area contributed by atoms with Crippen LogP contribution in [0.5, 0.6) is 0 Å². The normalized spacial score (nSPS) is 18.9. The van der Waals surface area contributed by atoms with Crippen molar-refractivity contribution in [3.8, 4) is 0 Å². The number of nitrogens with one attached hydrogen (secondary N) is 1. The highest BCUT2D eigenvalue weighted by molar-refractivity contribution is 9.10. The smallest absolute Gasteiger partial charge is 0.161 e. The van der Waals surface area contributed by atoms with Crippen LogP contribution in [0.1, 0.15) is 18.4 Å². The first-order chi connectivity index (χ1) is 9.41. The number of halogens is 2. The Morgan fingerprint density at radius 3 is 2.85 bits per heavy atom. The molecule has 0 radical (unpaired) electrons. The lowest BCUT2D eigenvalue weighted by Crippen LogP contribution is -2.38. The van der Waals surface area contributed by atoms with Gasteiger partial charge in [-0.1, -0.05) is 0 Å². The number of anilines is 1. The van der Waals surface area contributed by atoms with Crippen molar-refractivity contribution >= 4 is 27.5 Å². The van der Waals surface area contributed by atoms with Crippen molar-refractivity contribution in [3.05, 3.63) is 28.0 Å². The van der Waals surface area contributed by atoms with E-state index >= 15 is 0 Å². The summed E-state index contributed by atoms with van der Waals surface area (Å²) in [6.45, 7) is 1.77. The Balaban J connectivity index is 2.33. The SMILES string of the molecule is CN(C)CC1CCCN1c1ccc(C(=N)N)c(Br)c1F. The molecule has 1 saturated heterocycles. The number of rotatable bonds is 4. The number of benzene rings is 1. The van der Waals surface area contributed by atoms with Gasteiger partial charge in [0.2, 0.25) is 0 Å². The number of nitrogens with zero attached hydrogens (tertiary/aromatic N) is 2. The van der Waals surface area contributed by atoms with Crippen molar-refractivity contribution in [2.75, 3.05) is 32.1 Å². The maximum Gasteiger partial charge on any atom is 0.161 e. The Hall–Kier alpha value is -1.14. The first kappa shape index (κ1) is 15.3. The minimum atomic E-state index is -0.330. The minimum absolute atomic E-state index is 0.131. The van der Waals surface area contributed by atoms with Gasteiger partial charge in [0.1, 0.15) is 5.84 Å². The molecule has 6 heteroatoms. The zero-order chi connectivity index (χ0) is 14.9. The van der Waals surface area contributed by atoms with Gasteiger partial charge < -0.3 is 15.5 Å². The van der Waals surface area contributed by atoms with E-state index in [1.54, 1.807) is 12.1 Å². The van der Waals surface area contributed by atoms with Gasteiger partial charge in [-0.15, -0.1) is 0 Å². The van der Waals surface area contributed by atoms with Crippen LogP contribution in [0.15, 0.2) is 16.6 Å². The van der Waals surface area contributed by atoms with Crippen LogP contribution >= 0.6 is 15.9 Å². The zero-order valence-corrected chi connectivity index (χ0v) is 13.4. The van der Waals surface area contributed by atoms with Gasteiger partial charge in [0.05, 0.1) is 10.2 Å². The fourth-order valence-corrected chi connectivity index (χ4v) is 3.28. The van der Waals surface area contributed by atoms with Gasteiger partial charge in [-0.2, -0.15) is 0 Å². The van der Waals surface area contributed by atoms with E-state index in [0.29, 0.717) is 17.3 Å². The van der Waals surface area contributed by atoms with Gasteiger partial charge in [0, 0.05) is 24.7 Å². The van der Waals surface area contributed by atoms with Gasteiger partial charge in [0.15, 0.2) is 5.82 Å². The third kappa shape index (κ3) is 2.96. The highest BCUT2D eigenvalue weighted by Crippen LogP contribution is 2.33. The van der Waals surface area contributed by atoms with Gasteiger partial charge in [-0.05, 0) is 55.0 Å². The van der Waals surface area contributed by atoms with Crippen molar-refractivity contribution in [3.63, 3.8) is 0 Å². The molecule has 0 spiro atoms. The predicted molar refractivity (Wildman–Crippen MR) is 84.0 cm³/mol. The Morgan fingerprint density at radius 2 is 2.25 bits per heavy atom.